The molecule has 0 saturated heterocycles. The Morgan fingerprint density at radius 1 is 1.03 bits per heavy atom. The lowest BCUT2D eigenvalue weighted by Gasteiger charge is -2.12. The molecule has 9 heteroatoms. The van der Waals surface area contributed by atoms with Crippen LogP contribution in [0.2, 0.25) is 5.02 Å². The molecule has 3 aromatic rings. The molecule has 33 heavy (non-hydrogen) atoms. The number of hydrogen-bond acceptors (Lipinski definition) is 4. The number of pyridine rings is 1. The molecule has 1 heterocycles. The number of nitrogens with one attached hydrogen (secondary N) is 2. The molecule has 6 nitrogen and oxygen atoms in total. The predicted molar refractivity (Wildman–Crippen MR) is 121 cm³/mol. The van der Waals surface area contributed by atoms with Gasteiger partial charge in [-0.05, 0) is 55.3 Å². The third-order valence-electron chi connectivity index (χ3n) is 5.32. The zero-order valence-electron chi connectivity index (χ0n) is 17.5. The largest absolute Gasteiger partial charge is 0.349 e. The fourth-order valence-electron chi connectivity index (χ4n) is 3.34. The molecule has 1 aliphatic carbocycles. The highest BCUT2D eigenvalue weighted by Crippen LogP contribution is 2.27. The van der Waals surface area contributed by atoms with E-state index in [1.807, 2.05) is 0 Å². The zero-order chi connectivity index (χ0) is 23.5. The molecule has 2 aromatic carbocycles. The van der Waals surface area contributed by atoms with Gasteiger partial charge in [-0.3, -0.25) is 14.6 Å². The smallest absolute Gasteiger partial charge is 0.253 e. The number of benzene rings is 2. The Balaban J connectivity index is 1.53. The van der Waals surface area contributed by atoms with Crippen molar-refractivity contribution in [2.45, 2.75) is 32.0 Å². The van der Waals surface area contributed by atoms with Crippen LogP contribution in [0.4, 0.5) is 8.78 Å². The van der Waals surface area contributed by atoms with Gasteiger partial charge < -0.3 is 16.4 Å². The minimum Gasteiger partial charge on any atom is -0.349 e. The standard InChI is InChI=1S/C24H21ClF2N4O2/c25-16-2-5-20(26)15(7-16)12-30-23(32)13-1-6-22(29-11-13)18-8-14(9-21(27)19(18)10-28)24(33)31-17-3-4-17/h1-2,5-9,11,17H,3-4,10,12,28H2,(H,30,32)(H,31,33). The lowest BCUT2D eigenvalue weighted by molar-refractivity contribution is 0.0942. The topological polar surface area (TPSA) is 97.1 Å². The Morgan fingerprint density at radius 2 is 1.82 bits per heavy atom. The fourth-order valence-corrected chi connectivity index (χ4v) is 3.54. The Hall–Kier alpha value is -3.36. The molecule has 0 bridgehead atoms. The number of nitrogens with two attached hydrogens (primary N) is 1. The first-order valence-electron chi connectivity index (χ1n) is 10.4. The summed E-state index contributed by atoms with van der Waals surface area (Å²) in [7, 11) is 0. The maximum Gasteiger partial charge on any atom is 0.253 e. The molecule has 0 spiro atoms. The Morgan fingerprint density at radius 3 is 2.48 bits per heavy atom. The van der Waals surface area contributed by atoms with Gasteiger partial charge in [0.2, 0.25) is 0 Å². The summed E-state index contributed by atoms with van der Waals surface area (Å²) in [5.41, 5.74) is 7.37. The second-order valence-electron chi connectivity index (χ2n) is 7.79. The molecular formula is C24H21ClF2N4O2. The highest BCUT2D eigenvalue weighted by Gasteiger charge is 2.25. The van der Waals surface area contributed by atoms with Crippen molar-refractivity contribution < 1.29 is 18.4 Å². The molecule has 4 rings (SSSR count). The van der Waals surface area contributed by atoms with Crippen LogP contribution in [-0.2, 0) is 13.1 Å². The average Bonchev–Trinajstić information content (AvgIpc) is 3.63. The molecule has 0 aliphatic heterocycles. The molecule has 0 unspecified atom stereocenters. The van der Waals surface area contributed by atoms with Crippen molar-refractivity contribution >= 4 is 23.4 Å². The van der Waals surface area contributed by atoms with Crippen LogP contribution in [0.15, 0.2) is 48.7 Å². The molecule has 0 radical (unpaired) electrons. The van der Waals surface area contributed by atoms with E-state index in [1.165, 1.54) is 36.5 Å². The zero-order valence-corrected chi connectivity index (χ0v) is 18.3. The van der Waals surface area contributed by atoms with E-state index in [9.17, 15) is 18.4 Å². The van der Waals surface area contributed by atoms with Crippen LogP contribution in [0.5, 0.6) is 0 Å². The van der Waals surface area contributed by atoms with Gasteiger partial charge in [-0.25, -0.2) is 8.78 Å². The number of aromatic nitrogens is 1. The summed E-state index contributed by atoms with van der Waals surface area (Å²) >= 11 is 5.87. The number of halogens is 3. The molecule has 0 atom stereocenters. The van der Waals surface area contributed by atoms with Gasteiger partial charge in [0.15, 0.2) is 0 Å². The van der Waals surface area contributed by atoms with Crippen molar-refractivity contribution in [3.8, 4) is 11.3 Å². The minimum absolute atomic E-state index is 0.0480. The van der Waals surface area contributed by atoms with Gasteiger partial charge in [-0.15, -0.1) is 0 Å². The van der Waals surface area contributed by atoms with Crippen molar-refractivity contribution in [2.75, 3.05) is 0 Å². The summed E-state index contributed by atoms with van der Waals surface area (Å²) in [4.78, 5) is 29.1. The SMILES string of the molecule is NCc1c(F)cc(C(=O)NC2CC2)cc1-c1ccc(C(=O)NCc2cc(Cl)ccc2F)cn1. The van der Waals surface area contributed by atoms with E-state index in [0.717, 1.165) is 12.8 Å². The monoisotopic (exact) mass is 470 g/mol. The van der Waals surface area contributed by atoms with Gasteiger partial charge in [0.1, 0.15) is 11.6 Å². The van der Waals surface area contributed by atoms with Crippen molar-refractivity contribution in [3.63, 3.8) is 0 Å². The second-order valence-corrected chi connectivity index (χ2v) is 8.22. The van der Waals surface area contributed by atoms with E-state index >= 15 is 0 Å². The highest BCUT2D eigenvalue weighted by atomic mass is 35.5. The normalized spacial score (nSPS) is 13.0. The summed E-state index contributed by atoms with van der Waals surface area (Å²) in [6.07, 6.45) is 3.15. The third-order valence-corrected chi connectivity index (χ3v) is 5.56. The van der Waals surface area contributed by atoms with Crippen LogP contribution in [0, 0.1) is 11.6 Å². The summed E-state index contributed by atoms with van der Waals surface area (Å²) < 4.78 is 28.5. The number of hydrogen-bond donors (Lipinski definition) is 3. The average molecular weight is 471 g/mol. The quantitative estimate of drug-likeness (QED) is 0.487. The number of amides is 2. The molecule has 2 amide bonds. The Kier molecular flexibility index (Phi) is 6.67. The first-order chi connectivity index (χ1) is 15.9. The van der Waals surface area contributed by atoms with Crippen LogP contribution in [-0.4, -0.2) is 22.8 Å². The van der Waals surface area contributed by atoms with Crippen LogP contribution in [0.25, 0.3) is 11.3 Å². The summed E-state index contributed by atoms with van der Waals surface area (Å²) in [5, 5.41) is 5.80. The molecule has 1 aromatic heterocycles. The van der Waals surface area contributed by atoms with Gasteiger partial charge in [0, 0.05) is 52.6 Å². The van der Waals surface area contributed by atoms with E-state index in [4.69, 9.17) is 17.3 Å². The number of carbonyl (C=O) groups is 2. The van der Waals surface area contributed by atoms with Crippen LogP contribution < -0.4 is 16.4 Å². The highest BCUT2D eigenvalue weighted by molar-refractivity contribution is 6.30. The van der Waals surface area contributed by atoms with Crippen molar-refractivity contribution in [1.82, 2.24) is 15.6 Å². The molecule has 170 valence electrons. The summed E-state index contributed by atoms with van der Waals surface area (Å²) in [5.74, 6) is -1.89. The van der Waals surface area contributed by atoms with E-state index in [1.54, 1.807) is 12.1 Å². The first-order valence-corrected chi connectivity index (χ1v) is 10.8. The van der Waals surface area contributed by atoms with Gasteiger partial charge >= 0.3 is 0 Å². The van der Waals surface area contributed by atoms with Gasteiger partial charge in [0.05, 0.1) is 11.3 Å². The minimum atomic E-state index is -0.594. The number of nitrogens with zero attached hydrogens (tertiary/aromatic N) is 1. The number of carbonyl (C=O) groups excluding carboxylic acids is 2. The molecule has 1 saturated carbocycles. The second kappa shape index (κ2) is 9.64. The van der Waals surface area contributed by atoms with E-state index in [0.29, 0.717) is 16.3 Å². The molecule has 4 N–H and O–H groups in total. The molecule has 1 fully saturated rings. The fraction of sp³-hybridized carbons (Fsp3) is 0.208. The van der Waals surface area contributed by atoms with Crippen molar-refractivity contribution in [1.29, 1.82) is 0 Å². The maximum absolute atomic E-state index is 14.6. The maximum atomic E-state index is 14.6. The summed E-state index contributed by atoms with van der Waals surface area (Å²) in [6, 6.07) is 10.0. The first kappa shape index (κ1) is 22.8. The predicted octanol–water partition coefficient (Wildman–Crippen LogP) is 3.96. The van der Waals surface area contributed by atoms with Crippen LogP contribution >= 0.6 is 11.6 Å². The third kappa shape index (κ3) is 5.35. The molecular weight excluding hydrogens is 450 g/mol. The van der Waals surface area contributed by atoms with Crippen molar-refractivity contribution in [2.24, 2.45) is 5.73 Å². The van der Waals surface area contributed by atoms with Crippen LogP contribution in [0.1, 0.15) is 44.7 Å². The van der Waals surface area contributed by atoms with E-state index in [2.05, 4.69) is 15.6 Å². The number of rotatable bonds is 7. The Labute approximate surface area is 194 Å². The summed E-state index contributed by atoms with van der Waals surface area (Å²) in [6.45, 7) is -0.130. The van der Waals surface area contributed by atoms with Crippen molar-refractivity contribution in [3.05, 3.63) is 87.6 Å². The molecule has 1 aliphatic rings. The van der Waals surface area contributed by atoms with E-state index in [-0.39, 0.29) is 47.3 Å². The van der Waals surface area contributed by atoms with E-state index < -0.39 is 17.5 Å². The van der Waals surface area contributed by atoms with Gasteiger partial charge in [0.25, 0.3) is 11.8 Å². The Bertz CT molecular complexity index is 1210. The van der Waals surface area contributed by atoms with Gasteiger partial charge in [-0.2, -0.15) is 0 Å². The van der Waals surface area contributed by atoms with Crippen LogP contribution in [0.3, 0.4) is 0 Å². The lowest BCUT2D eigenvalue weighted by atomic mass is 9.99. The lowest BCUT2D eigenvalue weighted by Crippen LogP contribution is -2.25. The van der Waals surface area contributed by atoms with Gasteiger partial charge in [-0.1, -0.05) is 11.6 Å².